The smallest absolute Gasteiger partial charge is 0.329 e. The Balaban J connectivity index is 1.36. The highest BCUT2D eigenvalue weighted by molar-refractivity contribution is 6.35. The first-order valence-corrected chi connectivity index (χ1v) is 9.76. The number of amides is 3. The summed E-state index contributed by atoms with van der Waals surface area (Å²) >= 11 is 0. The Morgan fingerprint density at radius 2 is 1.87 bits per heavy atom. The SMILES string of the molecule is O=C(COc1ccc(/C=N\NC(=O)C(=O)NC2CCCC2)cc1)NCc1ccco1. The van der Waals surface area contributed by atoms with Gasteiger partial charge >= 0.3 is 11.8 Å². The van der Waals surface area contributed by atoms with Gasteiger partial charge in [0.25, 0.3) is 5.91 Å². The van der Waals surface area contributed by atoms with Crippen molar-refractivity contribution in [1.82, 2.24) is 16.1 Å². The molecule has 1 saturated carbocycles. The first-order valence-electron chi connectivity index (χ1n) is 9.76. The van der Waals surface area contributed by atoms with E-state index in [1.807, 2.05) is 0 Å². The molecule has 9 heteroatoms. The second-order valence-electron chi connectivity index (χ2n) is 6.87. The predicted octanol–water partition coefficient (Wildman–Crippen LogP) is 1.48. The normalized spacial score (nSPS) is 13.9. The van der Waals surface area contributed by atoms with Gasteiger partial charge in [0.1, 0.15) is 11.5 Å². The molecule has 0 spiro atoms. The molecule has 0 atom stereocenters. The van der Waals surface area contributed by atoms with Crippen LogP contribution in [0.4, 0.5) is 0 Å². The van der Waals surface area contributed by atoms with Crippen molar-refractivity contribution in [3.63, 3.8) is 0 Å². The minimum atomic E-state index is -0.793. The number of hydrazone groups is 1. The van der Waals surface area contributed by atoms with E-state index >= 15 is 0 Å². The van der Waals surface area contributed by atoms with Crippen LogP contribution in [0, 0.1) is 0 Å². The van der Waals surface area contributed by atoms with Crippen molar-refractivity contribution >= 4 is 23.9 Å². The number of rotatable bonds is 8. The molecule has 0 unspecified atom stereocenters. The van der Waals surface area contributed by atoms with Gasteiger partial charge < -0.3 is 19.8 Å². The lowest BCUT2D eigenvalue weighted by atomic mass is 10.2. The summed E-state index contributed by atoms with van der Waals surface area (Å²) in [6.07, 6.45) is 6.91. The lowest BCUT2D eigenvalue weighted by Crippen LogP contribution is -2.42. The van der Waals surface area contributed by atoms with Gasteiger partial charge in [-0.1, -0.05) is 12.8 Å². The summed E-state index contributed by atoms with van der Waals surface area (Å²) in [5, 5.41) is 9.17. The van der Waals surface area contributed by atoms with Crippen molar-refractivity contribution in [3.8, 4) is 5.75 Å². The number of hydrogen-bond acceptors (Lipinski definition) is 6. The number of furan rings is 1. The van der Waals surface area contributed by atoms with Crippen LogP contribution in [0.15, 0.2) is 52.2 Å². The highest BCUT2D eigenvalue weighted by atomic mass is 16.5. The molecule has 0 aliphatic heterocycles. The molecule has 2 aromatic rings. The third-order valence-corrected chi connectivity index (χ3v) is 4.57. The Bertz CT molecular complexity index is 871. The molecule has 3 rings (SSSR count). The monoisotopic (exact) mass is 412 g/mol. The lowest BCUT2D eigenvalue weighted by Gasteiger charge is -2.10. The van der Waals surface area contributed by atoms with Gasteiger partial charge in [0, 0.05) is 6.04 Å². The lowest BCUT2D eigenvalue weighted by molar-refractivity contribution is -0.139. The molecule has 1 aromatic carbocycles. The van der Waals surface area contributed by atoms with Gasteiger partial charge in [-0.2, -0.15) is 5.10 Å². The summed E-state index contributed by atoms with van der Waals surface area (Å²) in [6, 6.07) is 10.4. The van der Waals surface area contributed by atoms with Gasteiger partial charge in [-0.05, 0) is 54.8 Å². The quantitative estimate of drug-likeness (QED) is 0.344. The van der Waals surface area contributed by atoms with Gasteiger partial charge in [0.2, 0.25) is 0 Å². The summed E-state index contributed by atoms with van der Waals surface area (Å²) in [5.41, 5.74) is 2.91. The molecule has 1 aromatic heterocycles. The topological polar surface area (TPSA) is 122 Å². The summed E-state index contributed by atoms with van der Waals surface area (Å²) in [5.74, 6) is -0.558. The zero-order valence-corrected chi connectivity index (χ0v) is 16.4. The summed E-state index contributed by atoms with van der Waals surface area (Å²) in [7, 11) is 0. The number of carbonyl (C=O) groups excluding carboxylic acids is 3. The first kappa shape index (κ1) is 21.1. The molecule has 0 radical (unpaired) electrons. The van der Waals surface area contributed by atoms with Crippen molar-refractivity contribution < 1.29 is 23.5 Å². The second kappa shape index (κ2) is 10.8. The van der Waals surface area contributed by atoms with Crippen LogP contribution < -0.4 is 20.8 Å². The molecule has 1 heterocycles. The fraction of sp³-hybridized carbons (Fsp3) is 0.333. The Kier molecular flexibility index (Phi) is 7.59. The molecule has 158 valence electrons. The molecule has 0 saturated heterocycles. The molecule has 3 amide bonds. The molecular formula is C21H24N4O5. The highest BCUT2D eigenvalue weighted by Gasteiger charge is 2.20. The maximum absolute atomic E-state index is 11.8. The third kappa shape index (κ3) is 6.77. The van der Waals surface area contributed by atoms with Gasteiger partial charge in [-0.15, -0.1) is 0 Å². The molecule has 3 N–H and O–H groups in total. The predicted molar refractivity (Wildman–Crippen MR) is 109 cm³/mol. The summed E-state index contributed by atoms with van der Waals surface area (Å²) < 4.78 is 10.6. The standard InChI is InChI=1S/C21H24N4O5/c26-19(22-13-18-6-3-11-29-18)14-30-17-9-7-15(8-10-17)12-23-25-21(28)20(27)24-16-4-1-2-5-16/h3,6-12,16H,1-2,4-5,13-14H2,(H,22,26)(H,24,27)(H,25,28)/b23-12-. The van der Waals surface area contributed by atoms with Crippen molar-refractivity contribution in [2.24, 2.45) is 5.10 Å². The largest absolute Gasteiger partial charge is 0.484 e. The van der Waals surface area contributed by atoms with Crippen LogP contribution in [0.2, 0.25) is 0 Å². The Labute approximate surface area is 173 Å². The molecular weight excluding hydrogens is 388 g/mol. The number of benzene rings is 1. The van der Waals surface area contributed by atoms with Gasteiger partial charge in [-0.3, -0.25) is 14.4 Å². The maximum Gasteiger partial charge on any atom is 0.329 e. The van der Waals surface area contributed by atoms with Gasteiger partial charge in [0.15, 0.2) is 6.61 Å². The van der Waals surface area contributed by atoms with Crippen LogP contribution in [0.25, 0.3) is 0 Å². The van der Waals surface area contributed by atoms with E-state index in [4.69, 9.17) is 9.15 Å². The van der Waals surface area contributed by atoms with Gasteiger partial charge in [-0.25, -0.2) is 5.43 Å². The van der Waals surface area contributed by atoms with Crippen molar-refractivity contribution in [2.45, 2.75) is 38.3 Å². The maximum atomic E-state index is 11.8. The van der Waals surface area contributed by atoms with Crippen molar-refractivity contribution in [1.29, 1.82) is 0 Å². The molecule has 1 fully saturated rings. The van der Waals surface area contributed by atoms with Crippen molar-refractivity contribution in [3.05, 3.63) is 54.0 Å². The second-order valence-corrected chi connectivity index (χ2v) is 6.87. The summed E-state index contributed by atoms with van der Waals surface area (Å²) in [4.78, 5) is 35.3. The van der Waals surface area contributed by atoms with E-state index < -0.39 is 11.8 Å². The van der Waals surface area contributed by atoms with Gasteiger partial charge in [0.05, 0.1) is 19.0 Å². The van der Waals surface area contributed by atoms with E-state index in [0.717, 1.165) is 25.7 Å². The fourth-order valence-corrected chi connectivity index (χ4v) is 2.99. The molecule has 1 aliphatic rings. The van der Waals surface area contributed by atoms with E-state index in [1.54, 1.807) is 42.7 Å². The van der Waals surface area contributed by atoms with E-state index in [2.05, 4.69) is 21.2 Å². The minimum absolute atomic E-state index is 0.0759. The zero-order valence-electron chi connectivity index (χ0n) is 16.4. The van der Waals surface area contributed by atoms with Crippen LogP contribution >= 0.6 is 0 Å². The highest BCUT2D eigenvalue weighted by Crippen LogP contribution is 2.17. The Morgan fingerprint density at radius 3 is 2.57 bits per heavy atom. The van der Waals surface area contributed by atoms with E-state index in [1.165, 1.54) is 6.21 Å². The number of ether oxygens (including phenoxy) is 1. The van der Waals surface area contributed by atoms with E-state index in [-0.39, 0.29) is 18.6 Å². The molecule has 30 heavy (non-hydrogen) atoms. The minimum Gasteiger partial charge on any atom is -0.484 e. The molecule has 0 bridgehead atoms. The molecule has 1 aliphatic carbocycles. The zero-order chi connectivity index (χ0) is 21.2. The Morgan fingerprint density at radius 1 is 1.10 bits per heavy atom. The fourth-order valence-electron chi connectivity index (χ4n) is 2.99. The third-order valence-electron chi connectivity index (χ3n) is 4.57. The number of carbonyl (C=O) groups is 3. The summed E-state index contributed by atoms with van der Waals surface area (Å²) in [6.45, 7) is 0.176. The average Bonchev–Trinajstić information content (AvgIpc) is 3.45. The first-order chi connectivity index (χ1) is 14.6. The molecule has 9 nitrogen and oxygen atoms in total. The Hall–Kier alpha value is -3.62. The van der Waals surface area contributed by atoms with Crippen molar-refractivity contribution in [2.75, 3.05) is 6.61 Å². The van der Waals surface area contributed by atoms with Crippen LogP contribution in [0.5, 0.6) is 5.75 Å². The number of nitrogens with zero attached hydrogens (tertiary/aromatic N) is 1. The van der Waals surface area contributed by atoms with E-state index in [0.29, 0.717) is 23.6 Å². The number of nitrogens with one attached hydrogen (secondary N) is 3. The van der Waals surface area contributed by atoms with Crippen LogP contribution in [-0.2, 0) is 20.9 Å². The van der Waals surface area contributed by atoms with Crippen LogP contribution in [-0.4, -0.2) is 36.6 Å². The van der Waals surface area contributed by atoms with Crippen LogP contribution in [0.1, 0.15) is 37.0 Å². The van der Waals surface area contributed by atoms with E-state index in [9.17, 15) is 14.4 Å². The van der Waals surface area contributed by atoms with Crippen LogP contribution in [0.3, 0.4) is 0 Å². The average molecular weight is 412 g/mol. The number of hydrogen-bond donors (Lipinski definition) is 3.